The summed E-state index contributed by atoms with van der Waals surface area (Å²) in [5.41, 5.74) is 4.10. The molecule has 2 N–H and O–H groups in total. The van der Waals surface area contributed by atoms with Gasteiger partial charge in [0.25, 0.3) is 5.91 Å². The molecule has 0 unspecified atom stereocenters. The first-order valence-corrected chi connectivity index (χ1v) is 7.70. The molecule has 0 atom stereocenters. The lowest BCUT2D eigenvalue weighted by Gasteiger charge is -2.11. The van der Waals surface area contributed by atoms with Crippen LogP contribution in [-0.2, 0) is 0 Å². The van der Waals surface area contributed by atoms with Crippen LogP contribution in [0.1, 0.15) is 26.3 Å². The Kier molecular flexibility index (Phi) is 4.57. The first-order chi connectivity index (χ1) is 12.0. The minimum atomic E-state index is -1.02. The van der Waals surface area contributed by atoms with Gasteiger partial charge in [-0.15, -0.1) is 0 Å². The minimum Gasteiger partial charge on any atom is -0.478 e. The Bertz CT molecular complexity index is 919. The molecule has 5 heteroatoms. The van der Waals surface area contributed by atoms with E-state index in [1.807, 2.05) is 37.3 Å². The minimum absolute atomic E-state index is 0.145. The van der Waals surface area contributed by atoms with Gasteiger partial charge in [0.15, 0.2) is 0 Å². The van der Waals surface area contributed by atoms with Crippen LogP contribution in [0.15, 0.2) is 67.0 Å². The molecular formula is C20H16N2O3. The molecule has 1 aromatic heterocycles. The van der Waals surface area contributed by atoms with Crippen molar-refractivity contribution in [1.82, 2.24) is 4.98 Å². The van der Waals surface area contributed by atoms with Crippen LogP contribution in [0, 0.1) is 6.92 Å². The van der Waals surface area contributed by atoms with Crippen LogP contribution in [-0.4, -0.2) is 22.0 Å². The molecule has 124 valence electrons. The van der Waals surface area contributed by atoms with Gasteiger partial charge in [-0.25, -0.2) is 4.79 Å². The molecule has 0 aliphatic heterocycles. The highest BCUT2D eigenvalue weighted by atomic mass is 16.4. The lowest BCUT2D eigenvalue weighted by Crippen LogP contribution is -2.13. The van der Waals surface area contributed by atoms with Crippen molar-refractivity contribution in [2.75, 3.05) is 5.32 Å². The lowest BCUT2D eigenvalue weighted by atomic mass is 10.0. The fraction of sp³-hybridized carbons (Fsp3) is 0.0500. The van der Waals surface area contributed by atoms with Gasteiger partial charge in [-0.05, 0) is 54.4 Å². The van der Waals surface area contributed by atoms with Gasteiger partial charge < -0.3 is 10.4 Å². The molecule has 0 saturated heterocycles. The number of nitrogens with one attached hydrogen (secondary N) is 1. The molecule has 1 heterocycles. The van der Waals surface area contributed by atoms with Crippen molar-refractivity contribution in [1.29, 1.82) is 0 Å². The second-order valence-electron chi connectivity index (χ2n) is 5.61. The van der Waals surface area contributed by atoms with E-state index < -0.39 is 5.97 Å². The monoisotopic (exact) mass is 332 g/mol. The number of rotatable bonds is 4. The van der Waals surface area contributed by atoms with Crippen LogP contribution in [0.2, 0.25) is 0 Å². The van der Waals surface area contributed by atoms with Crippen LogP contribution in [0.4, 0.5) is 5.69 Å². The molecule has 0 spiro atoms. The van der Waals surface area contributed by atoms with Crippen LogP contribution >= 0.6 is 0 Å². The van der Waals surface area contributed by atoms with E-state index in [-0.39, 0.29) is 11.5 Å². The molecule has 0 aliphatic carbocycles. The summed E-state index contributed by atoms with van der Waals surface area (Å²) in [7, 11) is 0. The van der Waals surface area contributed by atoms with Gasteiger partial charge in [0.2, 0.25) is 0 Å². The van der Waals surface area contributed by atoms with Crippen molar-refractivity contribution < 1.29 is 14.7 Å². The zero-order valence-electron chi connectivity index (χ0n) is 13.6. The molecule has 25 heavy (non-hydrogen) atoms. The summed E-state index contributed by atoms with van der Waals surface area (Å²) < 4.78 is 0. The average molecular weight is 332 g/mol. The summed E-state index contributed by atoms with van der Waals surface area (Å²) in [5.74, 6) is -1.31. The highest BCUT2D eigenvalue weighted by Gasteiger charge is 2.10. The maximum atomic E-state index is 12.4. The van der Waals surface area contributed by atoms with E-state index in [2.05, 4.69) is 10.3 Å². The summed E-state index contributed by atoms with van der Waals surface area (Å²) in [4.78, 5) is 27.4. The summed E-state index contributed by atoms with van der Waals surface area (Å²) >= 11 is 0. The van der Waals surface area contributed by atoms with Gasteiger partial charge in [0.1, 0.15) is 0 Å². The third-order valence-corrected chi connectivity index (χ3v) is 3.87. The largest absolute Gasteiger partial charge is 0.478 e. The molecule has 3 aromatic rings. The average Bonchev–Trinajstić information content (AvgIpc) is 2.64. The Morgan fingerprint density at radius 2 is 1.68 bits per heavy atom. The quantitative estimate of drug-likeness (QED) is 0.756. The number of carbonyl (C=O) groups excluding carboxylic acids is 1. The van der Waals surface area contributed by atoms with E-state index in [4.69, 9.17) is 5.11 Å². The van der Waals surface area contributed by atoms with Crippen LogP contribution in [0.25, 0.3) is 11.1 Å². The van der Waals surface area contributed by atoms with E-state index in [1.165, 1.54) is 24.3 Å². The Hall–Kier alpha value is -3.47. The normalized spacial score (nSPS) is 10.3. The standard InChI is InChI=1S/C20H16N2O3/c1-13-4-5-16(17-3-2-10-21-12-17)11-18(13)22-19(23)14-6-8-15(9-7-14)20(24)25/h2-12H,1H3,(H,22,23)(H,24,25). The van der Waals surface area contributed by atoms with E-state index in [9.17, 15) is 9.59 Å². The number of aryl methyl sites for hydroxylation is 1. The van der Waals surface area contributed by atoms with Crippen molar-refractivity contribution in [3.05, 3.63) is 83.7 Å². The number of carbonyl (C=O) groups is 2. The fourth-order valence-electron chi connectivity index (χ4n) is 2.43. The number of carboxylic acids is 1. The van der Waals surface area contributed by atoms with Gasteiger partial charge in [-0.3, -0.25) is 9.78 Å². The third kappa shape index (κ3) is 3.72. The molecule has 0 saturated carbocycles. The molecule has 1 amide bonds. The number of pyridine rings is 1. The number of aromatic nitrogens is 1. The smallest absolute Gasteiger partial charge is 0.335 e. The Morgan fingerprint density at radius 1 is 0.960 bits per heavy atom. The van der Waals surface area contributed by atoms with E-state index >= 15 is 0 Å². The zero-order chi connectivity index (χ0) is 17.8. The summed E-state index contributed by atoms with van der Waals surface area (Å²) in [6.45, 7) is 1.91. The summed E-state index contributed by atoms with van der Waals surface area (Å²) in [6.07, 6.45) is 3.47. The summed E-state index contributed by atoms with van der Waals surface area (Å²) in [5, 5.41) is 11.8. The SMILES string of the molecule is Cc1ccc(-c2cccnc2)cc1NC(=O)c1ccc(C(=O)O)cc1. The van der Waals surface area contributed by atoms with Gasteiger partial charge in [-0.2, -0.15) is 0 Å². The number of hydrogen-bond donors (Lipinski definition) is 2. The number of amides is 1. The molecule has 5 nitrogen and oxygen atoms in total. The lowest BCUT2D eigenvalue weighted by molar-refractivity contribution is 0.0696. The third-order valence-electron chi connectivity index (χ3n) is 3.87. The number of aromatic carboxylic acids is 1. The molecule has 3 rings (SSSR count). The highest BCUT2D eigenvalue weighted by molar-refractivity contribution is 6.05. The number of nitrogens with zero attached hydrogens (tertiary/aromatic N) is 1. The van der Waals surface area contributed by atoms with Crippen LogP contribution in [0.5, 0.6) is 0 Å². The van der Waals surface area contributed by atoms with Crippen molar-refractivity contribution >= 4 is 17.6 Å². The Balaban J connectivity index is 1.84. The van der Waals surface area contributed by atoms with E-state index in [1.54, 1.807) is 12.4 Å². The Morgan fingerprint density at radius 3 is 2.32 bits per heavy atom. The maximum Gasteiger partial charge on any atom is 0.335 e. The van der Waals surface area contributed by atoms with Crippen molar-refractivity contribution in [3.8, 4) is 11.1 Å². The first kappa shape index (κ1) is 16.4. The van der Waals surface area contributed by atoms with Gasteiger partial charge in [0, 0.05) is 29.2 Å². The number of anilines is 1. The van der Waals surface area contributed by atoms with Crippen LogP contribution in [0.3, 0.4) is 0 Å². The fourth-order valence-corrected chi connectivity index (χ4v) is 2.43. The number of hydrogen-bond acceptors (Lipinski definition) is 3. The van der Waals surface area contributed by atoms with Crippen molar-refractivity contribution in [2.24, 2.45) is 0 Å². The van der Waals surface area contributed by atoms with E-state index in [0.717, 1.165) is 16.7 Å². The first-order valence-electron chi connectivity index (χ1n) is 7.70. The molecular weight excluding hydrogens is 316 g/mol. The second-order valence-corrected chi connectivity index (χ2v) is 5.61. The number of benzene rings is 2. The molecule has 0 aliphatic rings. The predicted molar refractivity (Wildman–Crippen MR) is 95.8 cm³/mol. The van der Waals surface area contributed by atoms with Crippen molar-refractivity contribution in [3.63, 3.8) is 0 Å². The van der Waals surface area contributed by atoms with Gasteiger partial charge in [-0.1, -0.05) is 18.2 Å². The van der Waals surface area contributed by atoms with Crippen LogP contribution < -0.4 is 5.32 Å². The molecule has 2 aromatic carbocycles. The topological polar surface area (TPSA) is 79.3 Å². The number of carboxylic acid groups (broad SMARTS) is 1. The maximum absolute atomic E-state index is 12.4. The molecule has 0 radical (unpaired) electrons. The second kappa shape index (κ2) is 6.97. The van der Waals surface area contributed by atoms with Crippen molar-refractivity contribution in [2.45, 2.75) is 6.92 Å². The van der Waals surface area contributed by atoms with Gasteiger partial charge >= 0.3 is 5.97 Å². The molecule has 0 fully saturated rings. The Labute approximate surface area is 145 Å². The predicted octanol–water partition coefficient (Wildman–Crippen LogP) is 4.01. The highest BCUT2D eigenvalue weighted by Crippen LogP contribution is 2.25. The summed E-state index contributed by atoms with van der Waals surface area (Å²) in [6, 6.07) is 15.4. The van der Waals surface area contributed by atoms with E-state index in [0.29, 0.717) is 11.3 Å². The molecule has 0 bridgehead atoms. The van der Waals surface area contributed by atoms with Gasteiger partial charge in [0.05, 0.1) is 5.56 Å². The zero-order valence-corrected chi connectivity index (χ0v) is 13.6.